The van der Waals surface area contributed by atoms with Crippen LogP contribution < -0.4 is 4.74 Å². The molecule has 5 heteroatoms. The molecule has 2 aromatic rings. The summed E-state index contributed by atoms with van der Waals surface area (Å²) >= 11 is 0. The number of alkyl halides is 3. The average molecular weight is 349 g/mol. The molecule has 1 atom stereocenters. The van der Waals surface area contributed by atoms with Crippen LogP contribution in [0.5, 0.6) is 5.75 Å². The van der Waals surface area contributed by atoms with Gasteiger partial charge in [0.05, 0.1) is 5.56 Å². The molecule has 1 saturated heterocycles. The lowest BCUT2D eigenvalue weighted by Gasteiger charge is -2.23. The maximum absolute atomic E-state index is 12.7. The molecule has 134 valence electrons. The molecule has 25 heavy (non-hydrogen) atoms. The summed E-state index contributed by atoms with van der Waals surface area (Å²) in [7, 11) is 0. The van der Waals surface area contributed by atoms with Crippen molar-refractivity contribution in [1.82, 2.24) is 4.90 Å². The van der Waals surface area contributed by atoms with Crippen LogP contribution in [0.2, 0.25) is 0 Å². The summed E-state index contributed by atoms with van der Waals surface area (Å²) in [5.74, 6) is 0.461. The van der Waals surface area contributed by atoms with E-state index in [9.17, 15) is 13.2 Å². The number of halogens is 3. The molecule has 1 fully saturated rings. The van der Waals surface area contributed by atoms with Crippen molar-refractivity contribution < 1.29 is 17.9 Å². The largest absolute Gasteiger partial charge is 0.486 e. The van der Waals surface area contributed by atoms with E-state index in [4.69, 9.17) is 4.74 Å². The van der Waals surface area contributed by atoms with E-state index in [0.29, 0.717) is 5.75 Å². The van der Waals surface area contributed by atoms with Crippen LogP contribution in [0.4, 0.5) is 13.2 Å². The fraction of sp³-hybridized carbons (Fsp3) is 0.400. The second kappa shape index (κ2) is 7.91. The van der Waals surface area contributed by atoms with Crippen molar-refractivity contribution in [2.24, 2.45) is 0 Å². The van der Waals surface area contributed by atoms with E-state index in [2.05, 4.69) is 4.90 Å². The average Bonchev–Trinajstić information content (AvgIpc) is 3.12. The van der Waals surface area contributed by atoms with E-state index in [-0.39, 0.29) is 6.10 Å². The Bertz CT molecular complexity index is 649. The van der Waals surface area contributed by atoms with Gasteiger partial charge in [0.25, 0.3) is 0 Å². The summed E-state index contributed by atoms with van der Waals surface area (Å²) in [4.78, 5) is 2.41. The van der Waals surface area contributed by atoms with Gasteiger partial charge in [0.1, 0.15) is 11.9 Å². The van der Waals surface area contributed by atoms with Crippen LogP contribution in [0.3, 0.4) is 0 Å². The Balaban J connectivity index is 1.70. The third kappa shape index (κ3) is 4.98. The van der Waals surface area contributed by atoms with Crippen molar-refractivity contribution in [3.8, 4) is 5.75 Å². The molecule has 1 aliphatic heterocycles. The van der Waals surface area contributed by atoms with E-state index in [1.165, 1.54) is 25.0 Å². The zero-order chi connectivity index (χ0) is 17.7. The Kier molecular flexibility index (Phi) is 5.63. The molecule has 0 aliphatic carbocycles. The van der Waals surface area contributed by atoms with Crippen LogP contribution in [0, 0.1) is 0 Å². The monoisotopic (exact) mass is 349 g/mol. The minimum absolute atomic E-state index is 0.168. The third-order valence-corrected chi connectivity index (χ3v) is 4.54. The maximum atomic E-state index is 12.7. The van der Waals surface area contributed by atoms with Crippen LogP contribution in [0.15, 0.2) is 54.6 Å². The summed E-state index contributed by atoms with van der Waals surface area (Å²) in [5.41, 5.74) is 0.384. The van der Waals surface area contributed by atoms with Gasteiger partial charge in [-0.15, -0.1) is 0 Å². The predicted molar refractivity (Wildman–Crippen MR) is 91.5 cm³/mol. The molecule has 1 heterocycles. The van der Waals surface area contributed by atoms with Crippen LogP contribution >= 0.6 is 0 Å². The van der Waals surface area contributed by atoms with E-state index in [1.807, 2.05) is 30.3 Å². The SMILES string of the molecule is FC(F)(F)c1ccc(OC(CCN2CCCC2)c2ccccc2)cc1. The number of hydrogen-bond donors (Lipinski definition) is 0. The highest BCUT2D eigenvalue weighted by Gasteiger charge is 2.30. The number of likely N-dealkylation sites (tertiary alicyclic amines) is 1. The Morgan fingerprint density at radius 1 is 0.920 bits per heavy atom. The molecule has 2 nitrogen and oxygen atoms in total. The molecule has 0 N–H and O–H groups in total. The molecule has 0 spiro atoms. The van der Waals surface area contributed by atoms with Gasteiger partial charge in [-0.2, -0.15) is 13.2 Å². The van der Waals surface area contributed by atoms with E-state index in [0.717, 1.165) is 43.8 Å². The van der Waals surface area contributed by atoms with Gasteiger partial charge in [-0.3, -0.25) is 0 Å². The first-order valence-corrected chi connectivity index (χ1v) is 8.63. The highest BCUT2D eigenvalue weighted by atomic mass is 19.4. The molecule has 1 aliphatic rings. The van der Waals surface area contributed by atoms with Crippen molar-refractivity contribution in [3.05, 3.63) is 65.7 Å². The minimum Gasteiger partial charge on any atom is -0.486 e. The number of rotatable bonds is 6. The maximum Gasteiger partial charge on any atom is 0.416 e. The molecular formula is C20H22F3NO. The summed E-state index contributed by atoms with van der Waals surface area (Å²) < 4.78 is 44.1. The second-order valence-corrected chi connectivity index (χ2v) is 6.38. The smallest absolute Gasteiger partial charge is 0.416 e. The molecule has 0 aromatic heterocycles. The van der Waals surface area contributed by atoms with Crippen molar-refractivity contribution in [3.63, 3.8) is 0 Å². The van der Waals surface area contributed by atoms with Gasteiger partial charge in [-0.25, -0.2) is 0 Å². The fourth-order valence-corrected chi connectivity index (χ4v) is 3.15. The topological polar surface area (TPSA) is 12.5 Å². The van der Waals surface area contributed by atoms with Crippen molar-refractivity contribution in [2.45, 2.75) is 31.5 Å². The summed E-state index contributed by atoms with van der Waals surface area (Å²) in [5, 5.41) is 0. The van der Waals surface area contributed by atoms with E-state index in [1.54, 1.807) is 0 Å². The third-order valence-electron chi connectivity index (χ3n) is 4.54. The summed E-state index contributed by atoms with van der Waals surface area (Å²) in [6, 6.07) is 14.8. The Morgan fingerprint density at radius 2 is 1.56 bits per heavy atom. The number of hydrogen-bond acceptors (Lipinski definition) is 2. The number of nitrogens with zero attached hydrogens (tertiary/aromatic N) is 1. The Morgan fingerprint density at radius 3 is 2.16 bits per heavy atom. The van der Waals surface area contributed by atoms with Gasteiger partial charge in [-0.1, -0.05) is 30.3 Å². The highest BCUT2D eigenvalue weighted by Crippen LogP contribution is 2.32. The van der Waals surface area contributed by atoms with Crippen molar-refractivity contribution in [1.29, 1.82) is 0 Å². The molecule has 0 bridgehead atoms. The first kappa shape index (κ1) is 17.8. The van der Waals surface area contributed by atoms with E-state index >= 15 is 0 Å². The minimum atomic E-state index is -4.33. The standard InChI is InChI=1S/C20H22F3NO/c21-20(22,23)17-8-10-18(11-9-17)25-19(16-6-2-1-3-7-16)12-15-24-13-4-5-14-24/h1-3,6-11,19H,4-5,12-15H2. The van der Waals surface area contributed by atoms with Crippen LogP contribution in [-0.4, -0.2) is 24.5 Å². The fourth-order valence-electron chi connectivity index (χ4n) is 3.15. The normalized spacial score (nSPS) is 16.8. The molecule has 0 saturated carbocycles. The van der Waals surface area contributed by atoms with Crippen molar-refractivity contribution >= 4 is 0 Å². The predicted octanol–water partition coefficient (Wildman–Crippen LogP) is 5.31. The van der Waals surface area contributed by atoms with Gasteiger partial charge in [0.15, 0.2) is 0 Å². The molecule has 0 radical (unpaired) electrons. The van der Waals surface area contributed by atoms with Crippen molar-refractivity contribution in [2.75, 3.05) is 19.6 Å². The summed E-state index contributed by atoms with van der Waals surface area (Å²) in [6.45, 7) is 3.16. The van der Waals surface area contributed by atoms with Crippen LogP contribution in [0.1, 0.15) is 36.5 Å². The summed E-state index contributed by atoms with van der Waals surface area (Å²) in [6.07, 6.45) is -1.22. The highest BCUT2D eigenvalue weighted by molar-refractivity contribution is 5.30. The molecule has 1 unspecified atom stereocenters. The molecule has 3 rings (SSSR count). The van der Waals surface area contributed by atoms with Gasteiger partial charge in [0.2, 0.25) is 0 Å². The first-order valence-electron chi connectivity index (χ1n) is 8.63. The van der Waals surface area contributed by atoms with Crippen LogP contribution in [0.25, 0.3) is 0 Å². The number of ether oxygens (including phenoxy) is 1. The Hall–Kier alpha value is -2.01. The zero-order valence-corrected chi connectivity index (χ0v) is 14.0. The van der Waals surface area contributed by atoms with Gasteiger partial charge < -0.3 is 9.64 Å². The lowest BCUT2D eigenvalue weighted by atomic mass is 10.1. The number of benzene rings is 2. The molecule has 0 amide bonds. The zero-order valence-electron chi connectivity index (χ0n) is 14.0. The van der Waals surface area contributed by atoms with Gasteiger partial charge in [0, 0.05) is 13.0 Å². The van der Waals surface area contributed by atoms with Gasteiger partial charge >= 0.3 is 6.18 Å². The molecule has 2 aromatic carbocycles. The second-order valence-electron chi connectivity index (χ2n) is 6.38. The first-order chi connectivity index (χ1) is 12.0. The van der Waals surface area contributed by atoms with Crippen LogP contribution in [-0.2, 0) is 6.18 Å². The van der Waals surface area contributed by atoms with E-state index < -0.39 is 11.7 Å². The quantitative estimate of drug-likeness (QED) is 0.701. The lowest BCUT2D eigenvalue weighted by Crippen LogP contribution is -2.23. The van der Waals surface area contributed by atoms with Gasteiger partial charge in [-0.05, 0) is 55.8 Å². The lowest BCUT2D eigenvalue weighted by molar-refractivity contribution is -0.137. The Labute approximate surface area is 146 Å². The molecular weight excluding hydrogens is 327 g/mol.